The molecule has 0 N–H and O–H groups in total. The smallest absolute Gasteiger partial charge is 0.227 e. The van der Waals surface area contributed by atoms with E-state index in [1.54, 1.807) is 7.11 Å². The molecule has 0 aliphatic carbocycles. The number of rotatable bonds is 6. The molecule has 0 bridgehead atoms. The van der Waals surface area contributed by atoms with Gasteiger partial charge in [0.25, 0.3) is 0 Å². The number of nitriles is 1. The molecule has 1 fully saturated rings. The van der Waals surface area contributed by atoms with E-state index in [9.17, 15) is 10.1 Å². The molecule has 1 amide bonds. The third-order valence-corrected chi connectivity index (χ3v) is 5.59. The molecule has 3 rings (SSSR count). The Labute approximate surface area is 173 Å². The maximum absolute atomic E-state index is 12.7. The van der Waals surface area contributed by atoms with Crippen molar-refractivity contribution in [2.24, 2.45) is 0 Å². The van der Waals surface area contributed by atoms with Crippen LogP contribution in [0.1, 0.15) is 42.5 Å². The molecule has 0 aromatic heterocycles. The summed E-state index contributed by atoms with van der Waals surface area (Å²) in [4.78, 5) is 16.7. The molecule has 5 nitrogen and oxygen atoms in total. The maximum Gasteiger partial charge on any atom is 0.227 e. The van der Waals surface area contributed by atoms with Gasteiger partial charge in [-0.3, -0.25) is 9.69 Å². The van der Waals surface area contributed by atoms with E-state index in [0.29, 0.717) is 38.5 Å². The van der Waals surface area contributed by atoms with Gasteiger partial charge < -0.3 is 9.64 Å². The van der Waals surface area contributed by atoms with Gasteiger partial charge in [-0.15, -0.1) is 0 Å². The minimum absolute atomic E-state index is 0.129. The molecule has 1 heterocycles. The van der Waals surface area contributed by atoms with Gasteiger partial charge in [-0.2, -0.15) is 5.26 Å². The Kier molecular flexibility index (Phi) is 6.90. The minimum atomic E-state index is -0.268. The molecule has 0 saturated carbocycles. The highest BCUT2D eigenvalue weighted by atomic mass is 16.5. The number of hydrogen-bond donors (Lipinski definition) is 0. The monoisotopic (exact) mass is 391 g/mol. The highest BCUT2D eigenvalue weighted by molar-refractivity contribution is 5.79. The first-order chi connectivity index (χ1) is 14.0. The summed E-state index contributed by atoms with van der Waals surface area (Å²) in [7, 11) is 1.63. The Balaban J connectivity index is 1.56. The molecule has 1 unspecified atom stereocenters. The number of nitrogens with zero attached hydrogens (tertiary/aromatic N) is 3. The van der Waals surface area contributed by atoms with Crippen molar-refractivity contribution in [1.82, 2.24) is 9.80 Å². The van der Waals surface area contributed by atoms with Crippen molar-refractivity contribution in [2.45, 2.75) is 32.2 Å². The normalized spacial score (nSPS) is 15.8. The lowest BCUT2D eigenvalue weighted by atomic mass is 9.98. The van der Waals surface area contributed by atoms with E-state index in [-0.39, 0.29) is 11.9 Å². The molecule has 0 spiro atoms. The Morgan fingerprint density at radius 3 is 2.10 bits per heavy atom. The van der Waals surface area contributed by atoms with Crippen LogP contribution >= 0.6 is 0 Å². The van der Waals surface area contributed by atoms with Gasteiger partial charge in [0.1, 0.15) is 11.8 Å². The molecule has 29 heavy (non-hydrogen) atoms. The third-order valence-electron chi connectivity index (χ3n) is 5.59. The quantitative estimate of drug-likeness (QED) is 0.752. The fraction of sp³-hybridized carbons (Fsp3) is 0.417. The Hall–Kier alpha value is -2.84. The van der Waals surface area contributed by atoms with E-state index in [1.807, 2.05) is 29.2 Å². The summed E-state index contributed by atoms with van der Waals surface area (Å²) in [6, 6.07) is 18.1. The van der Waals surface area contributed by atoms with Crippen LogP contribution in [-0.4, -0.2) is 49.0 Å². The van der Waals surface area contributed by atoms with Crippen LogP contribution in [0.3, 0.4) is 0 Å². The van der Waals surface area contributed by atoms with Gasteiger partial charge >= 0.3 is 0 Å². The fourth-order valence-corrected chi connectivity index (χ4v) is 3.69. The number of methoxy groups -OCH3 is 1. The van der Waals surface area contributed by atoms with Crippen LogP contribution in [0, 0.1) is 11.3 Å². The average molecular weight is 392 g/mol. The molecule has 2 aromatic carbocycles. The summed E-state index contributed by atoms with van der Waals surface area (Å²) in [6.45, 7) is 7.05. The maximum atomic E-state index is 12.7. The van der Waals surface area contributed by atoms with Gasteiger partial charge in [0, 0.05) is 26.2 Å². The zero-order valence-corrected chi connectivity index (χ0v) is 17.5. The highest BCUT2D eigenvalue weighted by Crippen LogP contribution is 2.24. The number of benzene rings is 2. The predicted octanol–water partition coefficient (Wildman–Crippen LogP) is 3.77. The summed E-state index contributed by atoms with van der Waals surface area (Å²) < 4.78 is 5.16. The van der Waals surface area contributed by atoms with Gasteiger partial charge in [-0.1, -0.05) is 50.2 Å². The van der Waals surface area contributed by atoms with Crippen molar-refractivity contribution in [3.05, 3.63) is 65.2 Å². The summed E-state index contributed by atoms with van der Waals surface area (Å²) in [5, 5.41) is 9.74. The second-order valence-corrected chi connectivity index (χ2v) is 7.79. The lowest BCUT2D eigenvalue weighted by Crippen LogP contribution is -2.49. The van der Waals surface area contributed by atoms with Crippen LogP contribution in [0.5, 0.6) is 5.75 Å². The largest absolute Gasteiger partial charge is 0.497 e. The predicted molar refractivity (Wildman–Crippen MR) is 114 cm³/mol. The van der Waals surface area contributed by atoms with Crippen molar-refractivity contribution in [1.29, 1.82) is 5.26 Å². The molecular weight excluding hydrogens is 362 g/mol. The molecule has 0 radical (unpaired) electrons. The van der Waals surface area contributed by atoms with Crippen molar-refractivity contribution >= 4 is 5.91 Å². The molecule has 5 heteroatoms. The van der Waals surface area contributed by atoms with Crippen LogP contribution in [0.4, 0.5) is 0 Å². The average Bonchev–Trinajstić information content (AvgIpc) is 2.75. The Bertz CT molecular complexity index is 845. The first kappa shape index (κ1) is 20.9. The van der Waals surface area contributed by atoms with Gasteiger partial charge in [0.05, 0.1) is 19.6 Å². The second-order valence-electron chi connectivity index (χ2n) is 7.79. The number of carbonyl (C=O) groups excluding carboxylic acids is 1. The molecular formula is C24H29N3O2. The van der Waals surface area contributed by atoms with E-state index >= 15 is 0 Å². The standard InChI is InChI=1S/C24H29N3O2/c1-18(2)20-6-8-21(9-7-20)23(17-25)26-12-14-27(15-13-26)24(28)16-19-4-10-22(29-3)11-5-19/h4-11,18,23H,12-16H2,1-3H3. The summed E-state index contributed by atoms with van der Waals surface area (Å²) in [5.41, 5.74) is 3.28. The van der Waals surface area contributed by atoms with Crippen molar-refractivity contribution in [3.8, 4) is 11.8 Å². The second kappa shape index (κ2) is 9.58. The van der Waals surface area contributed by atoms with Crippen molar-refractivity contribution in [3.63, 3.8) is 0 Å². The SMILES string of the molecule is COc1ccc(CC(=O)N2CCN(C(C#N)c3ccc(C(C)C)cc3)CC2)cc1. The van der Waals surface area contributed by atoms with Crippen LogP contribution in [0.2, 0.25) is 0 Å². The number of piperazine rings is 1. The van der Waals surface area contributed by atoms with E-state index < -0.39 is 0 Å². The topological polar surface area (TPSA) is 56.6 Å². The van der Waals surface area contributed by atoms with Crippen LogP contribution in [0.25, 0.3) is 0 Å². The van der Waals surface area contributed by atoms with Crippen LogP contribution < -0.4 is 4.74 Å². The van der Waals surface area contributed by atoms with Gasteiger partial charge in [-0.25, -0.2) is 0 Å². The van der Waals surface area contributed by atoms with E-state index in [0.717, 1.165) is 16.9 Å². The number of carbonyl (C=O) groups is 1. The van der Waals surface area contributed by atoms with Crippen LogP contribution in [0.15, 0.2) is 48.5 Å². The summed E-state index contributed by atoms with van der Waals surface area (Å²) >= 11 is 0. The molecule has 152 valence electrons. The van der Waals surface area contributed by atoms with E-state index in [1.165, 1.54) is 5.56 Å². The molecule has 1 aliphatic heterocycles. The molecule has 1 atom stereocenters. The minimum Gasteiger partial charge on any atom is -0.497 e. The Morgan fingerprint density at radius 2 is 1.59 bits per heavy atom. The van der Waals surface area contributed by atoms with Crippen molar-refractivity contribution < 1.29 is 9.53 Å². The van der Waals surface area contributed by atoms with E-state index in [4.69, 9.17) is 4.74 Å². The molecule has 2 aromatic rings. The highest BCUT2D eigenvalue weighted by Gasteiger charge is 2.27. The van der Waals surface area contributed by atoms with Gasteiger partial charge in [-0.05, 0) is 34.7 Å². The first-order valence-electron chi connectivity index (χ1n) is 10.2. The lowest BCUT2D eigenvalue weighted by molar-refractivity contribution is -0.132. The first-order valence-corrected chi connectivity index (χ1v) is 10.2. The summed E-state index contributed by atoms with van der Waals surface area (Å²) in [6.07, 6.45) is 0.391. The number of hydrogen-bond acceptors (Lipinski definition) is 4. The third kappa shape index (κ3) is 5.16. The molecule has 1 aliphatic rings. The molecule has 1 saturated heterocycles. The van der Waals surface area contributed by atoms with Crippen molar-refractivity contribution in [2.75, 3.05) is 33.3 Å². The zero-order chi connectivity index (χ0) is 20.8. The number of ether oxygens (including phenoxy) is 1. The Morgan fingerprint density at radius 1 is 1.00 bits per heavy atom. The van der Waals surface area contributed by atoms with E-state index in [2.05, 4.69) is 49.1 Å². The lowest BCUT2D eigenvalue weighted by Gasteiger charge is -2.37. The fourth-order valence-electron chi connectivity index (χ4n) is 3.69. The van der Waals surface area contributed by atoms with Gasteiger partial charge in [0.2, 0.25) is 5.91 Å². The van der Waals surface area contributed by atoms with Gasteiger partial charge in [0.15, 0.2) is 0 Å². The number of amides is 1. The summed E-state index contributed by atoms with van der Waals surface area (Å²) in [5.74, 6) is 1.40. The zero-order valence-electron chi connectivity index (χ0n) is 17.5. The van der Waals surface area contributed by atoms with Crippen LogP contribution in [-0.2, 0) is 11.2 Å².